The van der Waals surface area contributed by atoms with Gasteiger partial charge in [0.1, 0.15) is 5.82 Å². The molecule has 126 valence electrons. The molecule has 0 aromatic carbocycles. The lowest BCUT2D eigenvalue weighted by atomic mass is 9.97. The third-order valence-corrected chi connectivity index (χ3v) is 4.49. The van der Waals surface area contributed by atoms with Gasteiger partial charge in [0.25, 0.3) is 0 Å². The van der Waals surface area contributed by atoms with Gasteiger partial charge in [-0.3, -0.25) is 9.78 Å². The second kappa shape index (κ2) is 8.22. The van der Waals surface area contributed by atoms with Crippen LogP contribution in [-0.4, -0.2) is 40.4 Å². The topological polar surface area (TPSA) is 58.1 Å². The van der Waals surface area contributed by atoms with Gasteiger partial charge in [0.2, 0.25) is 5.91 Å². The number of nitrogens with one attached hydrogen (secondary N) is 1. The standard InChI is InChI=1S/C18H21ClN4O/c19-15-6-7-17(21-12-15)22-18(24)14-4-3-10-23(13-14)11-8-16-5-1-2-9-20-16/h1-2,5-7,9,12,14H,3-4,8,10-11,13H2,(H,21,22,24)/t14-/m0/s1. The van der Waals surface area contributed by atoms with E-state index >= 15 is 0 Å². The van der Waals surface area contributed by atoms with E-state index in [0.717, 1.165) is 44.6 Å². The van der Waals surface area contributed by atoms with Gasteiger partial charge in [-0.15, -0.1) is 0 Å². The van der Waals surface area contributed by atoms with Crippen molar-refractivity contribution >= 4 is 23.3 Å². The smallest absolute Gasteiger partial charge is 0.229 e. The number of likely N-dealkylation sites (tertiary alicyclic amines) is 1. The zero-order valence-corrected chi connectivity index (χ0v) is 14.2. The van der Waals surface area contributed by atoms with E-state index in [-0.39, 0.29) is 11.8 Å². The fraction of sp³-hybridized carbons (Fsp3) is 0.389. The molecule has 6 heteroatoms. The number of aromatic nitrogens is 2. The number of hydrogen-bond donors (Lipinski definition) is 1. The van der Waals surface area contributed by atoms with Crippen LogP contribution in [0.5, 0.6) is 0 Å². The van der Waals surface area contributed by atoms with Crippen LogP contribution in [0, 0.1) is 5.92 Å². The van der Waals surface area contributed by atoms with Crippen molar-refractivity contribution in [1.82, 2.24) is 14.9 Å². The lowest BCUT2D eigenvalue weighted by molar-refractivity contribution is -0.121. The molecule has 0 aliphatic carbocycles. The summed E-state index contributed by atoms with van der Waals surface area (Å²) >= 11 is 5.81. The second-order valence-electron chi connectivity index (χ2n) is 6.06. The molecule has 0 radical (unpaired) electrons. The van der Waals surface area contributed by atoms with Gasteiger partial charge >= 0.3 is 0 Å². The molecule has 1 aliphatic rings. The van der Waals surface area contributed by atoms with Crippen molar-refractivity contribution in [3.05, 3.63) is 53.4 Å². The third-order valence-electron chi connectivity index (χ3n) is 4.27. The highest BCUT2D eigenvalue weighted by molar-refractivity contribution is 6.30. The molecule has 1 saturated heterocycles. The fourth-order valence-corrected chi connectivity index (χ4v) is 3.08. The molecular formula is C18H21ClN4O. The van der Waals surface area contributed by atoms with E-state index in [2.05, 4.69) is 20.2 Å². The summed E-state index contributed by atoms with van der Waals surface area (Å²) < 4.78 is 0. The average Bonchev–Trinajstić information content (AvgIpc) is 2.63. The number of carbonyl (C=O) groups excluding carboxylic acids is 1. The van der Waals surface area contributed by atoms with Gasteiger partial charge < -0.3 is 10.2 Å². The summed E-state index contributed by atoms with van der Waals surface area (Å²) in [4.78, 5) is 23.3. The van der Waals surface area contributed by atoms with E-state index in [0.29, 0.717) is 10.8 Å². The fourth-order valence-electron chi connectivity index (χ4n) is 2.97. The Hall–Kier alpha value is -1.98. The highest BCUT2D eigenvalue weighted by atomic mass is 35.5. The summed E-state index contributed by atoms with van der Waals surface area (Å²) in [7, 11) is 0. The predicted molar refractivity (Wildman–Crippen MR) is 95.0 cm³/mol. The Balaban J connectivity index is 1.51. The Morgan fingerprint density at radius 2 is 2.21 bits per heavy atom. The maximum atomic E-state index is 12.4. The first-order valence-electron chi connectivity index (χ1n) is 8.25. The largest absolute Gasteiger partial charge is 0.310 e. The quantitative estimate of drug-likeness (QED) is 0.905. The first-order valence-corrected chi connectivity index (χ1v) is 8.63. The molecule has 2 aromatic rings. The van der Waals surface area contributed by atoms with Crippen LogP contribution < -0.4 is 5.32 Å². The molecule has 1 aliphatic heterocycles. The Labute approximate surface area is 147 Å². The molecule has 3 heterocycles. The van der Waals surface area contributed by atoms with Crippen LogP contribution in [0.2, 0.25) is 5.02 Å². The summed E-state index contributed by atoms with van der Waals surface area (Å²) in [6, 6.07) is 9.43. The number of rotatable bonds is 5. The van der Waals surface area contributed by atoms with Crippen LogP contribution in [0.4, 0.5) is 5.82 Å². The summed E-state index contributed by atoms with van der Waals surface area (Å²) in [5.41, 5.74) is 1.09. The third kappa shape index (κ3) is 4.76. The van der Waals surface area contributed by atoms with Crippen LogP contribution in [0.1, 0.15) is 18.5 Å². The minimum atomic E-state index is -0.0000365. The van der Waals surface area contributed by atoms with Gasteiger partial charge in [-0.25, -0.2) is 4.98 Å². The number of hydrogen-bond acceptors (Lipinski definition) is 4. The number of nitrogens with zero attached hydrogens (tertiary/aromatic N) is 3. The molecule has 1 N–H and O–H groups in total. The number of halogens is 1. The zero-order valence-electron chi connectivity index (χ0n) is 13.5. The van der Waals surface area contributed by atoms with Crippen molar-refractivity contribution in [2.75, 3.05) is 25.0 Å². The van der Waals surface area contributed by atoms with Gasteiger partial charge in [-0.05, 0) is 43.7 Å². The summed E-state index contributed by atoms with van der Waals surface area (Å²) in [5.74, 6) is 0.585. The van der Waals surface area contributed by atoms with E-state index in [1.807, 2.05) is 24.4 Å². The van der Waals surface area contributed by atoms with Gasteiger partial charge in [-0.1, -0.05) is 17.7 Å². The van der Waals surface area contributed by atoms with E-state index in [1.54, 1.807) is 12.1 Å². The van der Waals surface area contributed by atoms with E-state index in [9.17, 15) is 4.79 Å². The molecule has 2 aromatic heterocycles. The zero-order chi connectivity index (χ0) is 16.8. The first-order chi connectivity index (χ1) is 11.7. The first kappa shape index (κ1) is 16.9. The molecule has 0 unspecified atom stereocenters. The van der Waals surface area contributed by atoms with E-state index in [1.165, 1.54) is 6.20 Å². The second-order valence-corrected chi connectivity index (χ2v) is 6.50. The van der Waals surface area contributed by atoms with Crippen LogP contribution in [0.3, 0.4) is 0 Å². The minimum Gasteiger partial charge on any atom is -0.310 e. The lowest BCUT2D eigenvalue weighted by Crippen LogP contribution is -2.41. The monoisotopic (exact) mass is 344 g/mol. The van der Waals surface area contributed by atoms with Crippen molar-refractivity contribution in [1.29, 1.82) is 0 Å². The summed E-state index contributed by atoms with van der Waals surface area (Å²) in [5, 5.41) is 3.45. The van der Waals surface area contributed by atoms with Gasteiger partial charge in [0.05, 0.1) is 10.9 Å². The molecule has 24 heavy (non-hydrogen) atoms. The number of pyridine rings is 2. The van der Waals surface area contributed by atoms with Crippen molar-refractivity contribution in [2.45, 2.75) is 19.3 Å². The number of piperidine rings is 1. The van der Waals surface area contributed by atoms with E-state index in [4.69, 9.17) is 11.6 Å². The molecule has 0 saturated carbocycles. The summed E-state index contributed by atoms with van der Waals surface area (Å²) in [6.07, 6.45) is 6.22. The maximum Gasteiger partial charge on any atom is 0.229 e. The molecule has 1 atom stereocenters. The Kier molecular flexibility index (Phi) is 5.77. The van der Waals surface area contributed by atoms with Crippen LogP contribution in [0.25, 0.3) is 0 Å². The highest BCUT2D eigenvalue weighted by Crippen LogP contribution is 2.19. The van der Waals surface area contributed by atoms with Crippen molar-refractivity contribution in [3.8, 4) is 0 Å². The molecule has 1 amide bonds. The van der Waals surface area contributed by atoms with Crippen molar-refractivity contribution < 1.29 is 4.79 Å². The van der Waals surface area contributed by atoms with Gasteiger partial charge in [-0.2, -0.15) is 0 Å². The highest BCUT2D eigenvalue weighted by Gasteiger charge is 2.25. The molecule has 5 nitrogen and oxygen atoms in total. The van der Waals surface area contributed by atoms with Gasteiger partial charge in [0, 0.05) is 37.6 Å². The Morgan fingerprint density at radius 1 is 1.29 bits per heavy atom. The Bertz CT molecular complexity index is 662. The lowest BCUT2D eigenvalue weighted by Gasteiger charge is -2.31. The molecule has 0 bridgehead atoms. The van der Waals surface area contributed by atoms with E-state index < -0.39 is 0 Å². The Morgan fingerprint density at radius 3 is 2.96 bits per heavy atom. The molecule has 0 spiro atoms. The predicted octanol–water partition coefficient (Wildman–Crippen LogP) is 3.02. The number of carbonyl (C=O) groups is 1. The SMILES string of the molecule is O=C(Nc1ccc(Cl)cn1)[C@H]1CCCN(CCc2ccccn2)C1. The van der Waals surface area contributed by atoms with Crippen LogP contribution in [-0.2, 0) is 11.2 Å². The van der Waals surface area contributed by atoms with Gasteiger partial charge in [0.15, 0.2) is 0 Å². The average molecular weight is 345 g/mol. The minimum absolute atomic E-state index is 0.0000365. The van der Waals surface area contributed by atoms with Crippen LogP contribution in [0.15, 0.2) is 42.7 Å². The molecule has 3 rings (SSSR count). The van der Waals surface area contributed by atoms with Crippen molar-refractivity contribution in [3.63, 3.8) is 0 Å². The number of amides is 1. The molecule has 1 fully saturated rings. The van der Waals surface area contributed by atoms with Crippen molar-refractivity contribution in [2.24, 2.45) is 5.92 Å². The molecular weight excluding hydrogens is 324 g/mol. The number of anilines is 1. The normalized spacial score (nSPS) is 18.3. The maximum absolute atomic E-state index is 12.4. The summed E-state index contributed by atoms with van der Waals surface area (Å²) in [6.45, 7) is 2.75. The van der Waals surface area contributed by atoms with Crippen LogP contribution >= 0.6 is 11.6 Å².